The fraction of sp³-hybridized carbons (Fsp3) is 0. The minimum Gasteiger partial charge on any atom is -0.455 e. The van der Waals surface area contributed by atoms with Gasteiger partial charge in [-0.2, -0.15) is 5.10 Å². The number of hydrogen-bond donors (Lipinski definition) is 0. The van der Waals surface area contributed by atoms with Crippen LogP contribution in [0.5, 0.6) is 0 Å². The van der Waals surface area contributed by atoms with Crippen LogP contribution in [0.25, 0.3) is 39.2 Å². The van der Waals surface area contributed by atoms with E-state index >= 15 is 0 Å². The summed E-state index contributed by atoms with van der Waals surface area (Å²) in [6.07, 6.45) is 1.70. The predicted molar refractivity (Wildman–Crippen MR) is 110 cm³/mol. The van der Waals surface area contributed by atoms with Gasteiger partial charge in [-0.05, 0) is 30.3 Å². The van der Waals surface area contributed by atoms with Gasteiger partial charge in [-0.15, -0.1) is 0 Å². The Morgan fingerprint density at radius 1 is 0.750 bits per heavy atom. The van der Waals surface area contributed by atoms with E-state index in [0.29, 0.717) is 28.0 Å². The Balaban J connectivity index is 1.87. The Bertz CT molecular complexity index is 1320. The van der Waals surface area contributed by atoms with Gasteiger partial charge in [0.25, 0.3) is 0 Å². The first kappa shape index (κ1) is 16.3. The van der Waals surface area contributed by atoms with Gasteiger partial charge in [0.05, 0.1) is 28.5 Å². The van der Waals surface area contributed by atoms with Crippen LogP contribution in [-0.2, 0) is 0 Å². The van der Waals surface area contributed by atoms with Gasteiger partial charge < -0.3 is 4.42 Å². The van der Waals surface area contributed by atoms with Gasteiger partial charge >= 0.3 is 0 Å². The molecule has 0 saturated heterocycles. The van der Waals surface area contributed by atoms with E-state index in [1.807, 2.05) is 84.9 Å². The minimum absolute atomic E-state index is 0.0709. The van der Waals surface area contributed by atoms with Gasteiger partial charge in [0.2, 0.25) is 5.43 Å². The van der Waals surface area contributed by atoms with Crippen molar-refractivity contribution in [1.29, 1.82) is 0 Å². The molecule has 2 heterocycles. The molecule has 4 heteroatoms. The second kappa shape index (κ2) is 6.67. The molecule has 2 aromatic heterocycles. The third-order valence-electron chi connectivity index (χ3n) is 4.73. The minimum atomic E-state index is -0.0709. The van der Waals surface area contributed by atoms with E-state index in [0.717, 1.165) is 11.3 Å². The summed E-state index contributed by atoms with van der Waals surface area (Å²) in [6.45, 7) is 0. The number of hydrogen-bond acceptors (Lipinski definition) is 3. The molecule has 0 aliphatic carbocycles. The zero-order valence-electron chi connectivity index (χ0n) is 14.9. The normalized spacial score (nSPS) is 11.0. The van der Waals surface area contributed by atoms with E-state index in [-0.39, 0.29) is 5.43 Å². The molecule has 134 valence electrons. The molecule has 0 amide bonds. The smallest absolute Gasteiger partial charge is 0.202 e. The Morgan fingerprint density at radius 3 is 2.21 bits per heavy atom. The second-order valence-corrected chi connectivity index (χ2v) is 6.46. The maximum absolute atomic E-state index is 13.5. The number of rotatable bonds is 3. The molecule has 5 rings (SSSR count). The summed E-state index contributed by atoms with van der Waals surface area (Å²) in [5.74, 6) is 0.544. The van der Waals surface area contributed by atoms with Crippen molar-refractivity contribution in [2.45, 2.75) is 0 Å². The van der Waals surface area contributed by atoms with Crippen LogP contribution in [0.1, 0.15) is 0 Å². The average Bonchev–Trinajstić information content (AvgIpc) is 3.24. The number of aromatic nitrogens is 2. The molecule has 0 aliphatic rings. The van der Waals surface area contributed by atoms with Gasteiger partial charge in [-0.1, -0.05) is 60.7 Å². The van der Waals surface area contributed by atoms with Gasteiger partial charge in [0.1, 0.15) is 11.3 Å². The molecule has 0 aliphatic heterocycles. The predicted octanol–water partition coefficient (Wildman–Crippen LogP) is 5.31. The molecule has 0 fully saturated rings. The first-order valence-electron chi connectivity index (χ1n) is 9.04. The fourth-order valence-electron chi connectivity index (χ4n) is 3.44. The SMILES string of the molecule is O=c1c(-c2ccnn2-c2ccccc2)c(-c2ccccc2)oc2ccccc12. The molecule has 5 aromatic rings. The van der Waals surface area contributed by atoms with Crippen LogP contribution in [-0.4, -0.2) is 9.78 Å². The zero-order valence-corrected chi connectivity index (χ0v) is 14.9. The molecule has 0 bridgehead atoms. The van der Waals surface area contributed by atoms with E-state index in [9.17, 15) is 4.79 Å². The lowest BCUT2D eigenvalue weighted by molar-refractivity contribution is 0.620. The Morgan fingerprint density at radius 2 is 1.43 bits per heavy atom. The number of para-hydroxylation sites is 2. The van der Waals surface area contributed by atoms with Gasteiger partial charge in [-0.25, -0.2) is 4.68 Å². The van der Waals surface area contributed by atoms with E-state index in [1.165, 1.54) is 0 Å². The highest BCUT2D eigenvalue weighted by atomic mass is 16.3. The molecule has 0 atom stereocenters. The molecular formula is C24H16N2O2. The summed E-state index contributed by atoms with van der Waals surface area (Å²) in [7, 11) is 0. The summed E-state index contributed by atoms with van der Waals surface area (Å²) in [5.41, 5.74) is 3.44. The van der Waals surface area contributed by atoms with Gasteiger partial charge in [0, 0.05) is 5.56 Å². The zero-order chi connectivity index (χ0) is 18.9. The van der Waals surface area contributed by atoms with Crippen molar-refractivity contribution in [2.24, 2.45) is 0 Å². The Kier molecular flexibility index (Phi) is 3.87. The maximum atomic E-state index is 13.5. The van der Waals surface area contributed by atoms with Crippen LogP contribution in [0, 0.1) is 0 Å². The van der Waals surface area contributed by atoms with Crippen molar-refractivity contribution >= 4 is 11.0 Å². The third-order valence-corrected chi connectivity index (χ3v) is 4.73. The largest absolute Gasteiger partial charge is 0.455 e. The fourth-order valence-corrected chi connectivity index (χ4v) is 3.44. The van der Waals surface area contributed by atoms with Crippen LogP contribution in [0.3, 0.4) is 0 Å². The summed E-state index contributed by atoms with van der Waals surface area (Å²) in [6, 6.07) is 28.6. The monoisotopic (exact) mass is 364 g/mol. The molecule has 0 unspecified atom stereocenters. The van der Waals surface area contributed by atoms with E-state index in [1.54, 1.807) is 16.9 Å². The molecule has 4 nitrogen and oxygen atoms in total. The number of benzene rings is 3. The highest BCUT2D eigenvalue weighted by Crippen LogP contribution is 2.33. The topological polar surface area (TPSA) is 48.0 Å². The maximum Gasteiger partial charge on any atom is 0.202 e. The third kappa shape index (κ3) is 2.63. The van der Waals surface area contributed by atoms with Crippen molar-refractivity contribution in [1.82, 2.24) is 9.78 Å². The quantitative estimate of drug-likeness (QED) is 0.436. The van der Waals surface area contributed by atoms with E-state index in [4.69, 9.17) is 4.42 Å². The molecule has 0 spiro atoms. The van der Waals surface area contributed by atoms with Gasteiger partial charge in [0.15, 0.2) is 0 Å². The van der Waals surface area contributed by atoms with Gasteiger partial charge in [-0.3, -0.25) is 4.79 Å². The summed E-state index contributed by atoms with van der Waals surface area (Å²) in [4.78, 5) is 13.5. The van der Waals surface area contributed by atoms with Crippen LogP contribution in [0.4, 0.5) is 0 Å². The second-order valence-electron chi connectivity index (χ2n) is 6.46. The van der Waals surface area contributed by atoms with Crippen molar-refractivity contribution in [3.8, 4) is 28.3 Å². The summed E-state index contributed by atoms with van der Waals surface area (Å²) < 4.78 is 8.00. The van der Waals surface area contributed by atoms with Crippen LogP contribution in [0.2, 0.25) is 0 Å². The first-order valence-corrected chi connectivity index (χ1v) is 9.04. The highest BCUT2D eigenvalue weighted by molar-refractivity contribution is 5.88. The van der Waals surface area contributed by atoms with Crippen molar-refractivity contribution < 1.29 is 4.42 Å². The molecule has 0 radical (unpaired) electrons. The molecule has 3 aromatic carbocycles. The highest BCUT2D eigenvalue weighted by Gasteiger charge is 2.21. The lowest BCUT2D eigenvalue weighted by Gasteiger charge is -2.12. The molecule has 28 heavy (non-hydrogen) atoms. The molecular weight excluding hydrogens is 348 g/mol. The lowest BCUT2D eigenvalue weighted by atomic mass is 10.0. The van der Waals surface area contributed by atoms with Crippen molar-refractivity contribution in [3.05, 3.63) is 107 Å². The Labute approximate surface area is 161 Å². The lowest BCUT2D eigenvalue weighted by Crippen LogP contribution is -2.10. The van der Waals surface area contributed by atoms with E-state index in [2.05, 4.69) is 5.10 Å². The van der Waals surface area contributed by atoms with Crippen molar-refractivity contribution in [2.75, 3.05) is 0 Å². The molecule has 0 saturated carbocycles. The number of nitrogens with zero attached hydrogens (tertiary/aromatic N) is 2. The average molecular weight is 364 g/mol. The first-order chi connectivity index (χ1) is 13.8. The van der Waals surface area contributed by atoms with Crippen LogP contribution < -0.4 is 5.43 Å². The van der Waals surface area contributed by atoms with Crippen molar-refractivity contribution in [3.63, 3.8) is 0 Å². The van der Waals surface area contributed by atoms with Crippen LogP contribution in [0.15, 0.2) is 106 Å². The summed E-state index contributed by atoms with van der Waals surface area (Å²) >= 11 is 0. The van der Waals surface area contributed by atoms with E-state index < -0.39 is 0 Å². The summed E-state index contributed by atoms with van der Waals surface area (Å²) in [5, 5.41) is 5.01. The van der Waals surface area contributed by atoms with Crippen LogP contribution >= 0.6 is 0 Å². The standard InChI is InChI=1S/C24H16N2O2/c27-23-19-13-7-8-14-21(19)28-24(17-9-3-1-4-10-17)22(23)20-15-16-25-26(20)18-11-5-2-6-12-18/h1-16H. The Hall–Kier alpha value is -3.92. The number of fused-ring (bicyclic) bond motifs is 1. The molecule has 0 N–H and O–H groups in total.